The predicted octanol–water partition coefficient (Wildman–Crippen LogP) is 2.70. The normalized spacial score (nSPS) is 11.7. The number of benzene rings is 1. The molecule has 0 saturated heterocycles. The minimum absolute atomic E-state index is 0.178. The molecule has 0 spiro atoms. The first-order valence-corrected chi connectivity index (χ1v) is 7.23. The van der Waals surface area contributed by atoms with Gasteiger partial charge in [-0.05, 0) is 29.1 Å². The van der Waals surface area contributed by atoms with E-state index in [1.54, 1.807) is 48.2 Å². The van der Waals surface area contributed by atoms with Crippen molar-refractivity contribution in [3.8, 4) is 5.75 Å². The van der Waals surface area contributed by atoms with E-state index in [4.69, 9.17) is 9.84 Å². The van der Waals surface area contributed by atoms with Gasteiger partial charge in [0.15, 0.2) is 0 Å². The highest BCUT2D eigenvalue weighted by Gasteiger charge is 2.19. The predicted molar refractivity (Wildman–Crippen MR) is 79.8 cm³/mol. The van der Waals surface area contributed by atoms with Crippen molar-refractivity contribution in [1.82, 2.24) is 5.32 Å². The van der Waals surface area contributed by atoms with Crippen molar-refractivity contribution < 1.29 is 19.4 Å². The molecule has 2 N–H and O–H groups in total. The first kappa shape index (κ1) is 15.1. The largest absolute Gasteiger partial charge is 0.497 e. The van der Waals surface area contributed by atoms with E-state index >= 15 is 0 Å². The number of aliphatic carboxylic acids is 1. The average molecular weight is 305 g/mol. The van der Waals surface area contributed by atoms with E-state index in [2.05, 4.69) is 5.32 Å². The van der Waals surface area contributed by atoms with E-state index in [9.17, 15) is 9.59 Å². The Kier molecular flexibility index (Phi) is 4.94. The van der Waals surface area contributed by atoms with E-state index in [0.717, 1.165) is 5.56 Å². The highest BCUT2D eigenvalue weighted by atomic mass is 32.1. The van der Waals surface area contributed by atoms with Crippen LogP contribution >= 0.6 is 11.3 Å². The van der Waals surface area contributed by atoms with E-state index in [1.807, 2.05) is 0 Å². The van der Waals surface area contributed by atoms with Crippen molar-refractivity contribution in [2.75, 3.05) is 7.11 Å². The van der Waals surface area contributed by atoms with Crippen LogP contribution in [0.1, 0.15) is 28.4 Å². The Hall–Kier alpha value is -2.34. The summed E-state index contributed by atoms with van der Waals surface area (Å²) in [7, 11) is 1.56. The number of rotatable bonds is 6. The van der Waals surface area contributed by atoms with Crippen molar-refractivity contribution >= 4 is 23.2 Å². The molecule has 2 aromatic rings. The third-order valence-electron chi connectivity index (χ3n) is 2.99. The zero-order chi connectivity index (χ0) is 15.2. The molecule has 0 saturated carbocycles. The van der Waals surface area contributed by atoms with Gasteiger partial charge in [-0.2, -0.15) is 11.3 Å². The fourth-order valence-corrected chi connectivity index (χ4v) is 2.53. The molecule has 1 heterocycles. The number of amides is 1. The van der Waals surface area contributed by atoms with Crippen molar-refractivity contribution in [2.24, 2.45) is 0 Å². The second kappa shape index (κ2) is 6.90. The molecule has 1 atom stereocenters. The Morgan fingerprint density at radius 2 is 2.00 bits per heavy atom. The van der Waals surface area contributed by atoms with Crippen LogP contribution in [-0.2, 0) is 4.79 Å². The lowest BCUT2D eigenvalue weighted by atomic mass is 10.0. The lowest BCUT2D eigenvalue weighted by Crippen LogP contribution is -2.29. The van der Waals surface area contributed by atoms with E-state index in [1.165, 1.54) is 11.3 Å². The number of carbonyl (C=O) groups is 2. The molecule has 5 nitrogen and oxygen atoms in total. The highest BCUT2D eigenvalue weighted by Crippen LogP contribution is 2.21. The molecule has 0 aliphatic rings. The van der Waals surface area contributed by atoms with Gasteiger partial charge in [0.25, 0.3) is 5.91 Å². The minimum atomic E-state index is -0.971. The number of nitrogens with one attached hydrogen (secondary N) is 1. The van der Waals surface area contributed by atoms with Gasteiger partial charge in [-0.3, -0.25) is 9.59 Å². The summed E-state index contributed by atoms with van der Waals surface area (Å²) < 4.78 is 5.07. The number of thiophene rings is 1. The van der Waals surface area contributed by atoms with Gasteiger partial charge in [0.1, 0.15) is 5.75 Å². The van der Waals surface area contributed by atoms with Crippen LogP contribution in [0.4, 0.5) is 0 Å². The Labute approximate surface area is 126 Å². The fourth-order valence-electron chi connectivity index (χ4n) is 1.90. The summed E-state index contributed by atoms with van der Waals surface area (Å²) in [4.78, 5) is 23.1. The SMILES string of the molecule is COc1ccc(C(CC(=O)O)NC(=O)c2ccsc2)cc1. The lowest BCUT2D eigenvalue weighted by molar-refractivity contribution is -0.137. The second-order valence-electron chi connectivity index (χ2n) is 4.41. The molecule has 1 aromatic carbocycles. The van der Waals surface area contributed by atoms with Gasteiger partial charge in [-0.25, -0.2) is 0 Å². The summed E-state index contributed by atoms with van der Waals surface area (Å²) in [5.41, 5.74) is 1.26. The van der Waals surface area contributed by atoms with Gasteiger partial charge in [-0.15, -0.1) is 0 Å². The first-order chi connectivity index (χ1) is 10.1. The topological polar surface area (TPSA) is 75.6 Å². The number of hydrogen-bond acceptors (Lipinski definition) is 4. The van der Waals surface area contributed by atoms with Crippen molar-refractivity contribution in [1.29, 1.82) is 0 Å². The van der Waals surface area contributed by atoms with Crippen LogP contribution in [0.15, 0.2) is 41.1 Å². The summed E-state index contributed by atoms with van der Waals surface area (Å²) >= 11 is 1.42. The van der Waals surface area contributed by atoms with Crippen LogP contribution in [0.3, 0.4) is 0 Å². The van der Waals surface area contributed by atoms with Gasteiger partial charge in [-0.1, -0.05) is 12.1 Å². The van der Waals surface area contributed by atoms with Gasteiger partial charge in [0, 0.05) is 5.38 Å². The van der Waals surface area contributed by atoms with Crippen LogP contribution in [0.25, 0.3) is 0 Å². The summed E-state index contributed by atoms with van der Waals surface area (Å²) in [5, 5.41) is 15.3. The van der Waals surface area contributed by atoms with E-state index in [0.29, 0.717) is 11.3 Å². The highest BCUT2D eigenvalue weighted by molar-refractivity contribution is 7.08. The van der Waals surface area contributed by atoms with Gasteiger partial charge in [0.05, 0.1) is 25.1 Å². The zero-order valence-corrected chi connectivity index (χ0v) is 12.2. The molecule has 21 heavy (non-hydrogen) atoms. The number of ether oxygens (including phenoxy) is 1. The number of hydrogen-bond donors (Lipinski definition) is 2. The maximum absolute atomic E-state index is 12.1. The lowest BCUT2D eigenvalue weighted by Gasteiger charge is -2.17. The molecule has 0 bridgehead atoms. The molecule has 0 radical (unpaired) electrons. The third kappa shape index (κ3) is 4.06. The van der Waals surface area contributed by atoms with Gasteiger partial charge < -0.3 is 15.2 Å². The fraction of sp³-hybridized carbons (Fsp3) is 0.200. The molecule has 0 aliphatic carbocycles. The van der Waals surface area contributed by atoms with Crippen LogP contribution < -0.4 is 10.1 Å². The summed E-state index contributed by atoms with van der Waals surface area (Å²) in [6, 6.07) is 8.09. The number of carboxylic acid groups (broad SMARTS) is 1. The molecule has 0 aliphatic heterocycles. The van der Waals surface area contributed by atoms with Crippen molar-refractivity contribution in [3.05, 3.63) is 52.2 Å². The van der Waals surface area contributed by atoms with Crippen molar-refractivity contribution in [3.63, 3.8) is 0 Å². The molecule has 2 rings (SSSR count). The number of carboxylic acids is 1. The van der Waals surface area contributed by atoms with E-state index in [-0.39, 0.29) is 12.3 Å². The smallest absolute Gasteiger partial charge is 0.305 e. The summed E-state index contributed by atoms with van der Waals surface area (Å²) in [6.07, 6.45) is -0.178. The third-order valence-corrected chi connectivity index (χ3v) is 3.67. The zero-order valence-electron chi connectivity index (χ0n) is 11.4. The molecule has 6 heteroatoms. The molecule has 1 aromatic heterocycles. The molecular weight excluding hydrogens is 290 g/mol. The van der Waals surface area contributed by atoms with Crippen LogP contribution in [0.2, 0.25) is 0 Å². The Morgan fingerprint density at radius 3 is 2.52 bits per heavy atom. The second-order valence-corrected chi connectivity index (χ2v) is 5.19. The maximum atomic E-state index is 12.1. The maximum Gasteiger partial charge on any atom is 0.305 e. The number of carbonyl (C=O) groups excluding carboxylic acids is 1. The van der Waals surface area contributed by atoms with Crippen LogP contribution in [0, 0.1) is 0 Å². The van der Waals surface area contributed by atoms with Gasteiger partial charge >= 0.3 is 5.97 Å². The summed E-state index contributed by atoms with van der Waals surface area (Å²) in [6.45, 7) is 0. The number of methoxy groups -OCH3 is 1. The molecule has 0 fully saturated rings. The van der Waals surface area contributed by atoms with E-state index < -0.39 is 12.0 Å². The quantitative estimate of drug-likeness (QED) is 0.860. The average Bonchev–Trinajstić information content (AvgIpc) is 3.00. The Bertz CT molecular complexity index is 607. The van der Waals surface area contributed by atoms with Crippen LogP contribution in [-0.4, -0.2) is 24.1 Å². The van der Waals surface area contributed by atoms with Crippen LogP contribution in [0.5, 0.6) is 5.75 Å². The molecule has 110 valence electrons. The van der Waals surface area contributed by atoms with Crippen molar-refractivity contribution in [2.45, 2.75) is 12.5 Å². The molecular formula is C15H15NO4S. The Morgan fingerprint density at radius 1 is 1.29 bits per heavy atom. The monoisotopic (exact) mass is 305 g/mol. The first-order valence-electron chi connectivity index (χ1n) is 6.29. The van der Waals surface area contributed by atoms with Gasteiger partial charge in [0.2, 0.25) is 0 Å². The summed E-state index contributed by atoms with van der Waals surface area (Å²) in [5.74, 6) is -0.572. The standard InChI is InChI=1S/C15H15NO4S/c1-20-12-4-2-10(3-5-12)13(8-14(17)18)16-15(19)11-6-7-21-9-11/h2-7,9,13H,8H2,1H3,(H,16,19)(H,17,18). The minimum Gasteiger partial charge on any atom is -0.497 e. The molecule has 1 amide bonds. The Balaban J connectivity index is 2.17. The molecule has 1 unspecified atom stereocenters.